The van der Waals surface area contributed by atoms with E-state index in [-0.39, 0.29) is 23.0 Å². The molecule has 1 N–H and O–H groups in total. The van der Waals surface area contributed by atoms with E-state index in [2.05, 4.69) is 20.9 Å². The van der Waals surface area contributed by atoms with Gasteiger partial charge in [0.25, 0.3) is 5.56 Å². The standard InChI is InChI=1S/C19H20BrN3O4/c1-26-9-6-15(24)23-7-4-11(5-8-23)18-21-16-13-10-12(20)2-3-14(13)27-17(16)19(25)22-18/h2-3,10-11H,4-9H2,1H3,(H,21,22,25). The lowest BCUT2D eigenvalue weighted by molar-refractivity contribution is -0.133. The summed E-state index contributed by atoms with van der Waals surface area (Å²) in [6.07, 6.45) is 1.94. The molecule has 142 valence electrons. The molecule has 27 heavy (non-hydrogen) atoms. The Morgan fingerprint density at radius 1 is 1.41 bits per heavy atom. The summed E-state index contributed by atoms with van der Waals surface area (Å²) in [5.41, 5.74) is 1.21. The minimum Gasteiger partial charge on any atom is -0.449 e. The van der Waals surface area contributed by atoms with Crippen LogP contribution in [0.2, 0.25) is 0 Å². The van der Waals surface area contributed by atoms with Crippen molar-refractivity contribution < 1.29 is 13.9 Å². The molecule has 1 amide bonds. The second kappa shape index (κ2) is 7.44. The molecule has 1 fully saturated rings. The number of amides is 1. The van der Waals surface area contributed by atoms with Crippen LogP contribution in [-0.4, -0.2) is 47.6 Å². The predicted octanol–water partition coefficient (Wildman–Crippen LogP) is 3.17. The van der Waals surface area contributed by atoms with Crippen LogP contribution in [0.15, 0.2) is 31.9 Å². The van der Waals surface area contributed by atoms with Crippen molar-refractivity contribution in [2.45, 2.75) is 25.2 Å². The van der Waals surface area contributed by atoms with Crippen molar-refractivity contribution in [2.24, 2.45) is 0 Å². The van der Waals surface area contributed by atoms with E-state index in [4.69, 9.17) is 14.1 Å². The molecular weight excluding hydrogens is 414 g/mol. The summed E-state index contributed by atoms with van der Waals surface area (Å²) >= 11 is 3.45. The van der Waals surface area contributed by atoms with E-state index in [9.17, 15) is 9.59 Å². The molecule has 1 aliphatic rings. The third kappa shape index (κ3) is 3.51. The first-order valence-corrected chi connectivity index (χ1v) is 9.75. The van der Waals surface area contributed by atoms with Crippen molar-refractivity contribution in [3.8, 4) is 0 Å². The van der Waals surface area contributed by atoms with Crippen LogP contribution < -0.4 is 5.56 Å². The molecule has 4 rings (SSSR count). The highest BCUT2D eigenvalue weighted by Gasteiger charge is 2.26. The van der Waals surface area contributed by atoms with Crippen molar-refractivity contribution in [2.75, 3.05) is 26.8 Å². The Labute approximate surface area is 163 Å². The fourth-order valence-corrected chi connectivity index (χ4v) is 3.95. The molecule has 1 saturated heterocycles. The summed E-state index contributed by atoms with van der Waals surface area (Å²) in [5.74, 6) is 0.891. The van der Waals surface area contributed by atoms with Crippen LogP contribution in [0.3, 0.4) is 0 Å². The van der Waals surface area contributed by atoms with E-state index in [1.165, 1.54) is 0 Å². The lowest BCUT2D eigenvalue weighted by Gasteiger charge is -2.31. The van der Waals surface area contributed by atoms with E-state index in [1.54, 1.807) is 7.11 Å². The van der Waals surface area contributed by atoms with E-state index >= 15 is 0 Å². The summed E-state index contributed by atoms with van der Waals surface area (Å²) in [6.45, 7) is 1.76. The number of fused-ring (bicyclic) bond motifs is 3. The lowest BCUT2D eigenvalue weighted by atomic mass is 9.95. The maximum Gasteiger partial charge on any atom is 0.294 e. The maximum absolute atomic E-state index is 12.5. The molecule has 0 aliphatic carbocycles. The summed E-state index contributed by atoms with van der Waals surface area (Å²) in [7, 11) is 1.59. The molecule has 3 aromatic rings. The molecule has 2 aromatic heterocycles. The van der Waals surface area contributed by atoms with Crippen LogP contribution in [0.1, 0.15) is 31.0 Å². The number of rotatable bonds is 4. The zero-order valence-corrected chi connectivity index (χ0v) is 16.5. The van der Waals surface area contributed by atoms with Gasteiger partial charge in [-0.15, -0.1) is 0 Å². The van der Waals surface area contributed by atoms with Crippen molar-refractivity contribution in [1.82, 2.24) is 14.9 Å². The molecule has 3 heterocycles. The Hall–Kier alpha value is -2.19. The summed E-state index contributed by atoms with van der Waals surface area (Å²) < 4.78 is 11.6. The van der Waals surface area contributed by atoms with Gasteiger partial charge in [-0.1, -0.05) is 15.9 Å². The first kappa shape index (κ1) is 18.2. The molecule has 1 aromatic carbocycles. The first-order chi connectivity index (χ1) is 13.1. The number of furan rings is 1. The van der Waals surface area contributed by atoms with Crippen molar-refractivity contribution >= 4 is 43.9 Å². The molecule has 0 atom stereocenters. The van der Waals surface area contributed by atoms with Crippen molar-refractivity contribution in [3.63, 3.8) is 0 Å². The number of carbonyl (C=O) groups is 1. The monoisotopic (exact) mass is 433 g/mol. The Bertz CT molecular complexity index is 1050. The van der Waals surface area contributed by atoms with Gasteiger partial charge in [-0.3, -0.25) is 9.59 Å². The van der Waals surface area contributed by atoms with E-state index in [0.717, 1.165) is 22.7 Å². The van der Waals surface area contributed by atoms with E-state index in [0.29, 0.717) is 43.0 Å². The average Bonchev–Trinajstić information content (AvgIpc) is 3.05. The number of aromatic amines is 1. The Morgan fingerprint density at radius 3 is 2.93 bits per heavy atom. The number of hydrogen-bond donors (Lipinski definition) is 1. The number of likely N-dealkylation sites (tertiary alicyclic amines) is 1. The fraction of sp³-hybridized carbons (Fsp3) is 0.421. The normalized spacial score (nSPS) is 15.7. The number of hydrogen-bond acceptors (Lipinski definition) is 5. The van der Waals surface area contributed by atoms with Crippen LogP contribution in [-0.2, 0) is 9.53 Å². The third-order valence-corrected chi connectivity index (χ3v) is 5.55. The van der Waals surface area contributed by atoms with Gasteiger partial charge in [0.05, 0.1) is 13.0 Å². The molecular formula is C19H20BrN3O4. The molecule has 0 radical (unpaired) electrons. The van der Waals surface area contributed by atoms with Gasteiger partial charge in [-0.05, 0) is 31.0 Å². The van der Waals surface area contributed by atoms with Crippen LogP contribution in [0.5, 0.6) is 0 Å². The number of aromatic nitrogens is 2. The Morgan fingerprint density at radius 2 is 2.19 bits per heavy atom. The minimum absolute atomic E-state index is 0.109. The van der Waals surface area contributed by atoms with Gasteiger partial charge in [0, 0.05) is 36.0 Å². The van der Waals surface area contributed by atoms with Gasteiger partial charge in [0.2, 0.25) is 11.5 Å². The average molecular weight is 434 g/mol. The second-order valence-corrected chi connectivity index (χ2v) is 7.68. The highest BCUT2D eigenvalue weighted by atomic mass is 79.9. The summed E-state index contributed by atoms with van der Waals surface area (Å²) in [5, 5.41) is 0.818. The van der Waals surface area contributed by atoms with Crippen LogP contribution >= 0.6 is 15.9 Å². The zero-order chi connectivity index (χ0) is 19.0. The SMILES string of the molecule is COCCC(=O)N1CCC(c2nc3c(oc4ccc(Br)cc43)c(=O)[nH]2)CC1. The number of carbonyl (C=O) groups excluding carboxylic acids is 1. The van der Waals surface area contributed by atoms with Gasteiger partial charge in [0.15, 0.2) is 0 Å². The van der Waals surface area contributed by atoms with Crippen LogP contribution in [0, 0.1) is 0 Å². The van der Waals surface area contributed by atoms with Crippen molar-refractivity contribution in [3.05, 3.63) is 38.9 Å². The topological polar surface area (TPSA) is 88.4 Å². The second-order valence-electron chi connectivity index (χ2n) is 6.77. The quantitative estimate of drug-likeness (QED) is 0.682. The molecule has 1 aliphatic heterocycles. The Balaban J connectivity index is 1.60. The molecule has 7 nitrogen and oxygen atoms in total. The largest absolute Gasteiger partial charge is 0.449 e. The molecule has 8 heteroatoms. The van der Waals surface area contributed by atoms with E-state index in [1.807, 2.05) is 23.1 Å². The predicted molar refractivity (Wildman–Crippen MR) is 105 cm³/mol. The molecule has 0 spiro atoms. The van der Waals surface area contributed by atoms with E-state index < -0.39 is 0 Å². The van der Waals surface area contributed by atoms with Crippen molar-refractivity contribution in [1.29, 1.82) is 0 Å². The minimum atomic E-state index is -0.263. The Kier molecular flexibility index (Phi) is 5.01. The number of piperidine rings is 1. The smallest absolute Gasteiger partial charge is 0.294 e. The van der Waals surface area contributed by atoms with Gasteiger partial charge in [-0.25, -0.2) is 4.98 Å². The number of H-pyrrole nitrogens is 1. The maximum atomic E-state index is 12.5. The number of nitrogens with zero attached hydrogens (tertiary/aromatic N) is 2. The van der Waals surface area contributed by atoms with Gasteiger partial charge in [0.1, 0.15) is 16.9 Å². The summed E-state index contributed by atoms with van der Waals surface area (Å²) in [4.78, 5) is 34.1. The molecule has 0 saturated carbocycles. The molecule has 0 unspecified atom stereocenters. The first-order valence-electron chi connectivity index (χ1n) is 8.95. The lowest BCUT2D eigenvalue weighted by Crippen LogP contribution is -2.38. The molecule has 0 bridgehead atoms. The number of nitrogens with one attached hydrogen (secondary N) is 1. The van der Waals surface area contributed by atoms with Gasteiger partial charge < -0.3 is 19.0 Å². The number of methoxy groups -OCH3 is 1. The number of ether oxygens (including phenoxy) is 1. The fourth-order valence-electron chi connectivity index (χ4n) is 3.59. The van der Waals surface area contributed by atoms with Gasteiger partial charge >= 0.3 is 0 Å². The number of halogens is 1. The third-order valence-electron chi connectivity index (χ3n) is 5.06. The highest BCUT2D eigenvalue weighted by Crippen LogP contribution is 2.30. The van der Waals surface area contributed by atoms with Gasteiger partial charge in [-0.2, -0.15) is 0 Å². The zero-order valence-electron chi connectivity index (χ0n) is 15.0. The number of benzene rings is 1. The highest BCUT2D eigenvalue weighted by molar-refractivity contribution is 9.10. The van der Waals surface area contributed by atoms with Crippen LogP contribution in [0.4, 0.5) is 0 Å². The summed E-state index contributed by atoms with van der Waals surface area (Å²) in [6, 6.07) is 5.61. The van der Waals surface area contributed by atoms with Crippen LogP contribution in [0.25, 0.3) is 22.1 Å².